The Balaban J connectivity index is 1.78. The van der Waals surface area contributed by atoms with Crippen LogP contribution < -0.4 is 21.4 Å². The Labute approximate surface area is 356 Å². The number of amides is 4. The molecule has 14 nitrogen and oxygen atoms in total. The number of aromatic nitrogens is 1. The van der Waals surface area contributed by atoms with Crippen molar-refractivity contribution in [2.24, 2.45) is 11.3 Å². The zero-order valence-corrected chi connectivity index (χ0v) is 36.4. The van der Waals surface area contributed by atoms with Crippen molar-refractivity contribution in [3.8, 4) is 0 Å². The maximum Gasteiger partial charge on any atom is 0.414 e. The maximum absolute atomic E-state index is 14.1. The molecule has 59 heavy (non-hydrogen) atoms. The first-order valence-corrected chi connectivity index (χ1v) is 19.9. The van der Waals surface area contributed by atoms with E-state index in [1.807, 2.05) is 5.32 Å². The molecular weight excluding hydrogens is 844 g/mol. The van der Waals surface area contributed by atoms with Gasteiger partial charge in [0.05, 0.1) is 16.6 Å². The number of carbonyl (C=O) groups is 5. The Bertz CT molecular complexity index is 1860. The third-order valence-corrected chi connectivity index (χ3v) is 9.42. The SMILES string of the molecule is COCCC(C)(/C=C/c1ccc2ccc([C@H](NC(=O)OC(C)(C)C)C(F)(F)F)nc2c1)C(=O)N[C@H](C(=O)N[C@@H](C)C(=O)N1CCC[C@@H](C(=O)OCC(Cl)(Cl)Cl)N1)C(C)C. The zero-order valence-electron chi connectivity index (χ0n) is 34.1. The molecule has 1 aliphatic heterocycles. The summed E-state index contributed by atoms with van der Waals surface area (Å²) in [6, 6.07) is 2.05. The highest BCUT2D eigenvalue weighted by molar-refractivity contribution is 6.67. The molecule has 1 aliphatic rings. The van der Waals surface area contributed by atoms with Gasteiger partial charge in [0.2, 0.25) is 15.6 Å². The third kappa shape index (κ3) is 15.3. The van der Waals surface area contributed by atoms with Crippen molar-refractivity contribution in [1.82, 2.24) is 31.4 Å². The fourth-order valence-corrected chi connectivity index (χ4v) is 6.00. The predicted molar refractivity (Wildman–Crippen MR) is 217 cm³/mol. The Morgan fingerprint density at radius 3 is 2.25 bits per heavy atom. The van der Waals surface area contributed by atoms with Gasteiger partial charge in [-0.3, -0.25) is 29.2 Å². The van der Waals surface area contributed by atoms with E-state index >= 15 is 0 Å². The average molecular weight is 896 g/mol. The number of hydrazine groups is 1. The predicted octanol–water partition coefficient (Wildman–Crippen LogP) is 6.47. The highest BCUT2D eigenvalue weighted by Gasteiger charge is 2.44. The quantitative estimate of drug-likeness (QED) is 0.115. The minimum Gasteiger partial charge on any atom is -0.460 e. The molecule has 1 unspecified atom stereocenters. The molecule has 0 radical (unpaired) electrons. The van der Waals surface area contributed by atoms with Gasteiger partial charge in [0.1, 0.15) is 30.3 Å². The number of alkyl halides is 6. The highest BCUT2D eigenvalue weighted by atomic mass is 35.6. The van der Waals surface area contributed by atoms with Gasteiger partial charge in [-0.15, -0.1) is 0 Å². The van der Waals surface area contributed by atoms with Crippen molar-refractivity contribution in [1.29, 1.82) is 0 Å². The number of nitrogens with zero attached hydrogens (tertiary/aromatic N) is 2. The lowest BCUT2D eigenvalue weighted by molar-refractivity contribution is -0.157. The summed E-state index contributed by atoms with van der Waals surface area (Å²) >= 11 is 17.0. The number of carbonyl (C=O) groups excluding carboxylic acids is 5. The molecule has 1 aromatic heterocycles. The highest BCUT2D eigenvalue weighted by Crippen LogP contribution is 2.34. The van der Waals surface area contributed by atoms with Crippen molar-refractivity contribution in [3.63, 3.8) is 0 Å². The number of ether oxygens (including phenoxy) is 3. The number of nitrogens with one attached hydrogen (secondary N) is 4. The summed E-state index contributed by atoms with van der Waals surface area (Å²) in [6.45, 7) is 11.1. The van der Waals surface area contributed by atoms with Crippen molar-refractivity contribution in [2.75, 3.05) is 26.9 Å². The molecule has 5 atom stereocenters. The Morgan fingerprint density at radius 2 is 1.66 bits per heavy atom. The topological polar surface area (TPSA) is 177 Å². The monoisotopic (exact) mass is 894 g/mol. The summed E-state index contributed by atoms with van der Waals surface area (Å²) in [6.07, 6.45) is -1.93. The smallest absolute Gasteiger partial charge is 0.414 e. The van der Waals surface area contributed by atoms with Crippen molar-refractivity contribution >= 4 is 81.6 Å². The van der Waals surface area contributed by atoms with E-state index in [2.05, 4.69) is 21.0 Å². The number of pyridine rings is 1. The molecule has 4 amide bonds. The largest absolute Gasteiger partial charge is 0.460 e. The van der Waals surface area contributed by atoms with Gasteiger partial charge in [0, 0.05) is 25.6 Å². The van der Waals surface area contributed by atoms with Crippen LogP contribution >= 0.6 is 34.8 Å². The molecule has 0 saturated carbocycles. The molecule has 328 valence electrons. The lowest BCUT2D eigenvalue weighted by atomic mass is 9.84. The molecule has 3 rings (SSSR count). The fraction of sp³-hybridized carbons (Fsp3) is 0.590. The van der Waals surface area contributed by atoms with E-state index in [4.69, 9.17) is 49.0 Å². The summed E-state index contributed by atoms with van der Waals surface area (Å²) < 4.78 is 55.9. The second-order valence-corrected chi connectivity index (χ2v) is 18.3. The van der Waals surface area contributed by atoms with E-state index in [1.165, 1.54) is 51.9 Å². The molecule has 1 aromatic carbocycles. The molecule has 1 fully saturated rings. The van der Waals surface area contributed by atoms with Crippen LogP contribution in [0, 0.1) is 11.3 Å². The molecule has 4 N–H and O–H groups in total. The van der Waals surface area contributed by atoms with Gasteiger partial charge >= 0.3 is 18.2 Å². The van der Waals surface area contributed by atoms with Crippen molar-refractivity contribution in [3.05, 3.63) is 47.7 Å². The lowest BCUT2D eigenvalue weighted by Crippen LogP contribution is -2.61. The third-order valence-electron chi connectivity index (χ3n) is 9.09. The van der Waals surface area contributed by atoms with Gasteiger partial charge in [-0.1, -0.05) is 79.0 Å². The molecule has 1 saturated heterocycles. The van der Waals surface area contributed by atoms with Crippen LogP contribution in [-0.4, -0.2) is 100 Å². The summed E-state index contributed by atoms with van der Waals surface area (Å²) in [5.74, 6) is -2.83. The molecule has 0 aliphatic carbocycles. The van der Waals surface area contributed by atoms with E-state index in [0.29, 0.717) is 23.8 Å². The number of fused-ring (bicyclic) bond motifs is 1. The van der Waals surface area contributed by atoms with E-state index in [9.17, 15) is 37.1 Å². The van der Waals surface area contributed by atoms with Crippen molar-refractivity contribution < 1.29 is 51.4 Å². The lowest BCUT2D eigenvalue weighted by Gasteiger charge is -2.35. The molecular formula is C39H52Cl3F3N6O8. The average Bonchev–Trinajstić information content (AvgIpc) is 3.14. The standard InChI is InChI=1S/C39H52Cl3F3N6O8/c1-22(2)29(31(52)46-23(3)32(53)51-18-9-10-27(50-51)33(54)58-21-38(40,41)42)48-34(55)37(7,17-19-57-8)16-15-24-11-12-25-13-14-26(47-28(25)20-24)30(39(43,44)45)49-35(56)59-36(4,5)6/h11-16,20,22-23,27,29-30,50H,9-10,17-19,21H2,1-8H3,(H,46,52)(H,48,55)(H,49,56)/b16-15+/t23-,27-,29-,30-,37?/m0/s1. The molecule has 0 spiro atoms. The fourth-order valence-electron chi connectivity index (χ4n) is 5.84. The number of hydrogen-bond donors (Lipinski definition) is 4. The van der Waals surface area contributed by atoms with Gasteiger partial charge in [0.25, 0.3) is 5.91 Å². The normalized spacial score (nSPS) is 17.8. The second kappa shape index (κ2) is 20.6. The molecule has 0 bridgehead atoms. The number of hydrogen-bond acceptors (Lipinski definition) is 10. The Morgan fingerprint density at radius 1 is 1.00 bits per heavy atom. The van der Waals surface area contributed by atoms with E-state index < -0.39 is 93.2 Å². The zero-order chi connectivity index (χ0) is 44.5. The van der Waals surface area contributed by atoms with Gasteiger partial charge in [0.15, 0.2) is 6.04 Å². The van der Waals surface area contributed by atoms with Crippen LogP contribution in [0.25, 0.3) is 17.0 Å². The minimum absolute atomic E-state index is 0.159. The number of halogens is 6. The molecule has 2 heterocycles. The van der Waals surface area contributed by atoms with Crippen LogP contribution in [0.15, 0.2) is 36.4 Å². The van der Waals surface area contributed by atoms with E-state index in [0.717, 1.165) is 0 Å². The van der Waals surface area contributed by atoms with Gasteiger partial charge < -0.3 is 30.2 Å². The molecule has 2 aromatic rings. The van der Waals surface area contributed by atoms with Crippen LogP contribution in [-0.2, 0) is 33.4 Å². The van der Waals surface area contributed by atoms with Gasteiger partial charge in [-0.2, -0.15) is 13.2 Å². The van der Waals surface area contributed by atoms with E-state index in [-0.39, 0.29) is 25.1 Å². The van der Waals surface area contributed by atoms with Crippen LogP contribution in [0.5, 0.6) is 0 Å². The number of esters is 1. The minimum atomic E-state index is -4.88. The first-order valence-electron chi connectivity index (χ1n) is 18.8. The molecule has 20 heteroatoms. The number of alkyl carbamates (subject to hydrolysis) is 1. The van der Waals surface area contributed by atoms with Crippen LogP contribution in [0.1, 0.15) is 85.0 Å². The maximum atomic E-state index is 14.1. The van der Waals surface area contributed by atoms with Gasteiger partial charge in [-0.05, 0) is 77.5 Å². The Kier molecular flexibility index (Phi) is 17.3. The first kappa shape index (κ1) is 49.5. The summed E-state index contributed by atoms with van der Waals surface area (Å²) in [5, 5.41) is 9.08. The number of benzene rings is 1. The summed E-state index contributed by atoms with van der Waals surface area (Å²) in [5.41, 5.74) is 0.761. The number of rotatable bonds is 15. The summed E-state index contributed by atoms with van der Waals surface area (Å²) in [4.78, 5) is 69.9. The Hall–Kier alpha value is -3.90. The first-order chi connectivity index (χ1) is 27.2. The van der Waals surface area contributed by atoms with Crippen LogP contribution in [0.4, 0.5) is 18.0 Å². The second-order valence-electron chi connectivity index (χ2n) is 15.8. The number of methoxy groups -OCH3 is 1. The van der Waals surface area contributed by atoms with Gasteiger partial charge in [-0.25, -0.2) is 10.2 Å². The summed E-state index contributed by atoms with van der Waals surface area (Å²) in [7, 11) is 1.47. The van der Waals surface area contributed by atoms with E-state index in [1.54, 1.807) is 51.1 Å². The van der Waals surface area contributed by atoms with Crippen molar-refractivity contribution in [2.45, 2.75) is 107 Å². The van der Waals surface area contributed by atoms with Crippen LogP contribution in [0.2, 0.25) is 0 Å². The van der Waals surface area contributed by atoms with Crippen LogP contribution in [0.3, 0.4) is 0 Å².